The zero-order valence-corrected chi connectivity index (χ0v) is 15.8. The molecule has 0 aromatic carbocycles. The van der Waals surface area contributed by atoms with Gasteiger partial charge in [0.05, 0.1) is 11.6 Å². The molecule has 2 aromatic rings. The van der Waals surface area contributed by atoms with Crippen molar-refractivity contribution in [3.8, 4) is 0 Å². The van der Waals surface area contributed by atoms with E-state index in [4.69, 9.17) is 17.3 Å². The van der Waals surface area contributed by atoms with E-state index in [-0.39, 0.29) is 24.5 Å². The molecule has 1 fully saturated rings. The van der Waals surface area contributed by atoms with Crippen LogP contribution in [0, 0.1) is 0 Å². The molecule has 10 heteroatoms. The number of pyridine rings is 1. The van der Waals surface area contributed by atoms with Crippen LogP contribution in [0.5, 0.6) is 0 Å². The summed E-state index contributed by atoms with van der Waals surface area (Å²) in [5.74, 6) is 0.491. The Balaban J connectivity index is 1.48. The number of primary amides is 1. The van der Waals surface area contributed by atoms with Crippen LogP contribution in [0.2, 0.25) is 5.02 Å². The van der Waals surface area contributed by atoms with Crippen molar-refractivity contribution >= 4 is 34.5 Å². The summed E-state index contributed by atoms with van der Waals surface area (Å²) in [5, 5.41) is 10.4. The van der Waals surface area contributed by atoms with Crippen LogP contribution < -0.4 is 21.7 Å². The van der Waals surface area contributed by atoms with Crippen LogP contribution in [0.3, 0.4) is 0 Å². The van der Waals surface area contributed by atoms with Crippen LogP contribution in [0.15, 0.2) is 35.1 Å². The highest BCUT2D eigenvalue weighted by molar-refractivity contribution is 6.31. The number of amides is 2. The zero-order chi connectivity index (χ0) is 19.7. The summed E-state index contributed by atoms with van der Waals surface area (Å²) in [6.07, 6.45) is 6.69. The van der Waals surface area contributed by atoms with Gasteiger partial charge in [-0.2, -0.15) is 0 Å². The van der Waals surface area contributed by atoms with E-state index in [0.717, 1.165) is 30.2 Å². The molecule has 6 N–H and O–H groups in total. The highest BCUT2D eigenvalue weighted by atomic mass is 35.5. The molecule has 2 aliphatic rings. The largest absolute Gasteiger partial charge is 0.367 e. The number of aromatic amines is 1. The Morgan fingerprint density at radius 3 is 3.00 bits per heavy atom. The maximum absolute atomic E-state index is 14.4. The Bertz CT molecular complexity index is 970. The van der Waals surface area contributed by atoms with E-state index in [1.807, 2.05) is 0 Å². The Morgan fingerprint density at radius 1 is 1.36 bits per heavy atom. The van der Waals surface area contributed by atoms with Gasteiger partial charge in [-0.3, -0.25) is 4.99 Å². The van der Waals surface area contributed by atoms with Crippen LogP contribution in [0.1, 0.15) is 31.2 Å². The number of amidine groups is 1. The molecule has 0 radical (unpaired) electrons. The van der Waals surface area contributed by atoms with Gasteiger partial charge in [0, 0.05) is 35.4 Å². The zero-order valence-electron chi connectivity index (χ0n) is 15.1. The topological polar surface area (TPSA) is 120 Å². The molecule has 3 heterocycles. The predicted molar refractivity (Wildman–Crippen MR) is 106 cm³/mol. The molecular formula is C18H21ClFN7O. The number of nitrogens with zero attached hydrogens (tertiary/aromatic N) is 2. The summed E-state index contributed by atoms with van der Waals surface area (Å²) in [6, 6.07) is 1.28. The number of rotatable bonds is 4. The summed E-state index contributed by atoms with van der Waals surface area (Å²) in [4.78, 5) is 22.7. The number of aromatic nitrogens is 2. The lowest BCUT2D eigenvalue weighted by Gasteiger charge is -2.32. The molecule has 0 bridgehead atoms. The molecule has 1 aliphatic carbocycles. The van der Waals surface area contributed by atoms with Gasteiger partial charge in [-0.15, -0.1) is 0 Å². The third kappa shape index (κ3) is 3.89. The third-order valence-corrected chi connectivity index (χ3v) is 5.22. The number of hydrogen-bond donors (Lipinski definition) is 5. The van der Waals surface area contributed by atoms with Crippen molar-refractivity contribution in [3.63, 3.8) is 0 Å². The first-order valence-electron chi connectivity index (χ1n) is 9.15. The van der Waals surface area contributed by atoms with E-state index in [2.05, 4.69) is 30.9 Å². The van der Waals surface area contributed by atoms with Crippen molar-refractivity contribution in [1.82, 2.24) is 25.9 Å². The molecule has 2 atom stereocenters. The van der Waals surface area contributed by atoms with E-state index < -0.39 is 6.03 Å². The second-order valence-electron chi connectivity index (χ2n) is 7.04. The molecular weight excluding hydrogens is 385 g/mol. The number of nitrogens with one attached hydrogen (secondary N) is 4. The minimum atomic E-state index is -0.534. The van der Waals surface area contributed by atoms with Crippen molar-refractivity contribution in [1.29, 1.82) is 0 Å². The van der Waals surface area contributed by atoms with Gasteiger partial charge in [0.1, 0.15) is 17.3 Å². The standard InChI is InChI=1S/C18H21ClFN7O/c19-9-4-12-13(7-23-15(12)22-6-9)16-24-8-14(20)17(27-16)25-10-2-1-3-11(5-10)26-18(21)28/h4,6-7,10-11,25H,1-3,5,8H2,(H,22,23)(H,24,27)(H3,21,26,28). The highest BCUT2D eigenvalue weighted by Crippen LogP contribution is 2.24. The highest BCUT2D eigenvalue weighted by Gasteiger charge is 2.26. The molecule has 1 saturated carbocycles. The molecule has 28 heavy (non-hydrogen) atoms. The molecule has 2 aromatic heterocycles. The molecule has 8 nitrogen and oxygen atoms in total. The predicted octanol–water partition coefficient (Wildman–Crippen LogP) is 2.27. The maximum atomic E-state index is 14.4. The number of urea groups is 1. The van der Waals surface area contributed by atoms with Gasteiger partial charge in [0.15, 0.2) is 5.83 Å². The second kappa shape index (κ2) is 7.67. The van der Waals surface area contributed by atoms with Crippen molar-refractivity contribution in [3.05, 3.63) is 40.7 Å². The first-order valence-corrected chi connectivity index (χ1v) is 9.53. The van der Waals surface area contributed by atoms with Crippen molar-refractivity contribution < 1.29 is 9.18 Å². The Kier molecular flexibility index (Phi) is 5.08. The number of carbonyl (C=O) groups is 1. The van der Waals surface area contributed by atoms with Crippen LogP contribution in [-0.4, -0.2) is 40.5 Å². The van der Waals surface area contributed by atoms with Gasteiger partial charge in [-0.25, -0.2) is 14.2 Å². The fraction of sp³-hybridized carbons (Fsp3) is 0.389. The number of H-pyrrole nitrogens is 1. The first-order chi connectivity index (χ1) is 13.5. The molecule has 148 valence electrons. The first kappa shape index (κ1) is 18.5. The minimum Gasteiger partial charge on any atom is -0.367 e. The van der Waals surface area contributed by atoms with E-state index in [9.17, 15) is 9.18 Å². The molecule has 0 saturated heterocycles. The minimum absolute atomic E-state index is 0.00836. The van der Waals surface area contributed by atoms with Crippen LogP contribution in [0.25, 0.3) is 11.0 Å². The van der Waals surface area contributed by atoms with E-state index in [0.29, 0.717) is 28.7 Å². The molecule has 4 rings (SSSR count). The van der Waals surface area contributed by atoms with Gasteiger partial charge < -0.3 is 26.7 Å². The molecule has 0 spiro atoms. The van der Waals surface area contributed by atoms with Crippen molar-refractivity contribution in [2.24, 2.45) is 10.7 Å². The Morgan fingerprint density at radius 2 is 2.18 bits per heavy atom. The van der Waals surface area contributed by atoms with Gasteiger partial charge in [-0.1, -0.05) is 11.6 Å². The molecule has 2 unspecified atom stereocenters. The molecule has 1 aliphatic heterocycles. The van der Waals surface area contributed by atoms with Gasteiger partial charge in [-0.05, 0) is 31.7 Å². The summed E-state index contributed by atoms with van der Waals surface area (Å²) < 4.78 is 14.4. The number of fused-ring (bicyclic) bond motifs is 1. The molecule has 2 amide bonds. The maximum Gasteiger partial charge on any atom is 0.312 e. The number of halogens is 2. The average molecular weight is 406 g/mol. The summed E-state index contributed by atoms with van der Waals surface area (Å²) in [5.41, 5.74) is 6.67. The van der Waals surface area contributed by atoms with Crippen LogP contribution in [-0.2, 0) is 0 Å². The third-order valence-electron chi connectivity index (χ3n) is 5.01. The summed E-state index contributed by atoms with van der Waals surface area (Å²) in [7, 11) is 0. The second-order valence-corrected chi connectivity index (χ2v) is 7.47. The van der Waals surface area contributed by atoms with Crippen LogP contribution >= 0.6 is 11.6 Å². The number of aliphatic imine (C=N–C) groups is 1. The SMILES string of the molecule is NC(=O)NC1CCCC(NC2=C(F)CN=C(c3c[nH]c4ncc(Cl)cc34)N2)C1. The fourth-order valence-electron chi connectivity index (χ4n) is 3.75. The number of nitrogens with two attached hydrogens (primary N) is 1. The normalized spacial score (nSPS) is 22.6. The monoisotopic (exact) mass is 405 g/mol. The van der Waals surface area contributed by atoms with Gasteiger partial charge in [0.25, 0.3) is 0 Å². The van der Waals surface area contributed by atoms with E-state index in [1.165, 1.54) is 0 Å². The number of carbonyl (C=O) groups excluding carboxylic acids is 1. The summed E-state index contributed by atoms with van der Waals surface area (Å²) in [6.45, 7) is -0.0545. The average Bonchev–Trinajstić information content (AvgIpc) is 3.06. The fourth-order valence-corrected chi connectivity index (χ4v) is 3.91. The van der Waals surface area contributed by atoms with Crippen LogP contribution in [0.4, 0.5) is 9.18 Å². The lowest BCUT2D eigenvalue weighted by Crippen LogP contribution is -2.48. The van der Waals surface area contributed by atoms with E-state index >= 15 is 0 Å². The van der Waals surface area contributed by atoms with Crippen molar-refractivity contribution in [2.75, 3.05) is 6.54 Å². The number of hydrogen-bond acceptors (Lipinski definition) is 5. The van der Waals surface area contributed by atoms with Gasteiger partial charge in [0.2, 0.25) is 0 Å². The van der Waals surface area contributed by atoms with Gasteiger partial charge >= 0.3 is 6.03 Å². The smallest absolute Gasteiger partial charge is 0.312 e. The lowest BCUT2D eigenvalue weighted by molar-refractivity contribution is 0.237. The lowest BCUT2D eigenvalue weighted by atomic mass is 9.91. The van der Waals surface area contributed by atoms with Crippen molar-refractivity contribution in [2.45, 2.75) is 37.8 Å². The quantitative estimate of drug-likeness (QED) is 0.535. The Hall–Kier alpha value is -2.81. The van der Waals surface area contributed by atoms with E-state index in [1.54, 1.807) is 18.5 Å². The Labute approximate surface area is 165 Å². The summed E-state index contributed by atoms with van der Waals surface area (Å²) >= 11 is 6.06.